The van der Waals surface area contributed by atoms with Gasteiger partial charge in [-0.05, 0) is 47.5 Å². The maximum atomic E-state index is 9.55. The molecule has 0 aliphatic heterocycles. The molecule has 1 aromatic rings. The zero-order valence-electron chi connectivity index (χ0n) is 13.0. The van der Waals surface area contributed by atoms with Crippen molar-refractivity contribution in [1.29, 1.82) is 0 Å². The van der Waals surface area contributed by atoms with Gasteiger partial charge in [0.2, 0.25) is 0 Å². The van der Waals surface area contributed by atoms with Crippen LogP contribution in [0, 0.1) is 0 Å². The van der Waals surface area contributed by atoms with Crippen LogP contribution in [0.25, 0.3) is 0 Å². The quantitative estimate of drug-likeness (QED) is 0.661. The topological polar surface area (TPSA) is 60.0 Å². The first-order valence-electron chi connectivity index (χ1n) is 6.90. The van der Waals surface area contributed by atoms with Gasteiger partial charge in [-0.1, -0.05) is 0 Å². The minimum atomic E-state index is -0.558. The fourth-order valence-corrected chi connectivity index (χ4v) is 2.26. The van der Waals surface area contributed by atoms with Gasteiger partial charge >= 0.3 is 0 Å². The highest BCUT2D eigenvalue weighted by atomic mass is 79.9. The predicted octanol–water partition coefficient (Wildman–Crippen LogP) is 2.34. The monoisotopic (exact) mass is 361 g/mol. The van der Waals surface area contributed by atoms with Crippen LogP contribution >= 0.6 is 15.9 Å². The highest BCUT2D eigenvalue weighted by Crippen LogP contribution is 2.37. The first-order chi connectivity index (χ1) is 9.99. The summed E-state index contributed by atoms with van der Waals surface area (Å²) in [5.41, 5.74) is 1.08. The summed E-state index contributed by atoms with van der Waals surface area (Å²) >= 11 is 3.50. The van der Waals surface area contributed by atoms with Gasteiger partial charge in [-0.15, -0.1) is 0 Å². The van der Waals surface area contributed by atoms with Crippen molar-refractivity contribution in [3.63, 3.8) is 0 Å². The van der Waals surface area contributed by atoms with Gasteiger partial charge in [-0.2, -0.15) is 0 Å². The van der Waals surface area contributed by atoms with E-state index in [1.165, 1.54) is 0 Å². The average Bonchev–Trinajstić information content (AvgIpc) is 2.45. The van der Waals surface area contributed by atoms with E-state index in [2.05, 4.69) is 21.2 Å². The van der Waals surface area contributed by atoms with E-state index in [0.717, 1.165) is 16.6 Å². The normalized spacial score (nSPS) is 13.8. The maximum absolute atomic E-state index is 9.55. The second-order valence-electron chi connectivity index (χ2n) is 4.84. The van der Waals surface area contributed by atoms with Gasteiger partial charge in [0.05, 0.1) is 24.3 Å². The van der Waals surface area contributed by atoms with Crippen molar-refractivity contribution in [3.8, 4) is 11.5 Å². The average molecular weight is 362 g/mol. The molecule has 6 heteroatoms. The number of rotatable bonds is 9. The van der Waals surface area contributed by atoms with Gasteiger partial charge in [0.15, 0.2) is 11.5 Å². The van der Waals surface area contributed by atoms with E-state index < -0.39 is 6.10 Å². The lowest BCUT2D eigenvalue weighted by Gasteiger charge is -2.21. The van der Waals surface area contributed by atoms with E-state index in [-0.39, 0.29) is 6.10 Å². The third kappa shape index (κ3) is 5.82. The Balaban J connectivity index is 2.81. The minimum Gasteiger partial charge on any atom is -0.493 e. The summed E-state index contributed by atoms with van der Waals surface area (Å²) in [6, 6.07) is 3.90. The summed E-state index contributed by atoms with van der Waals surface area (Å²) in [6.07, 6.45) is -0.877. The summed E-state index contributed by atoms with van der Waals surface area (Å²) in [4.78, 5) is 0. The molecule has 2 atom stereocenters. The van der Waals surface area contributed by atoms with Gasteiger partial charge in [-0.3, -0.25) is 0 Å². The summed E-state index contributed by atoms with van der Waals surface area (Å²) in [6.45, 7) is 5.68. The van der Waals surface area contributed by atoms with Crippen molar-refractivity contribution in [2.45, 2.75) is 32.6 Å². The first-order valence-corrected chi connectivity index (χ1v) is 7.69. The zero-order chi connectivity index (χ0) is 15.8. The number of aliphatic hydroxyl groups is 1. The number of ether oxygens (including phenoxy) is 3. The molecular weight excluding hydrogens is 338 g/mol. The van der Waals surface area contributed by atoms with Crippen LogP contribution < -0.4 is 14.8 Å². The van der Waals surface area contributed by atoms with E-state index in [9.17, 15) is 5.11 Å². The summed E-state index contributed by atoms with van der Waals surface area (Å²) in [5, 5.41) is 12.8. The number of aliphatic hydroxyl groups excluding tert-OH is 1. The molecule has 0 aliphatic rings. The second-order valence-corrected chi connectivity index (χ2v) is 5.70. The summed E-state index contributed by atoms with van der Waals surface area (Å²) < 4.78 is 16.9. The first kappa shape index (κ1) is 18.2. The van der Waals surface area contributed by atoms with Gasteiger partial charge in [-0.25, -0.2) is 0 Å². The Bertz CT molecular complexity index is 440. The number of hydrogen-bond acceptors (Lipinski definition) is 5. The number of halogens is 1. The second kappa shape index (κ2) is 9.25. The molecule has 2 N–H and O–H groups in total. The fraction of sp³-hybridized carbons (Fsp3) is 0.600. The Kier molecular flexibility index (Phi) is 8.03. The number of nitrogens with one attached hydrogen (secondary N) is 1. The Morgan fingerprint density at radius 2 is 2.00 bits per heavy atom. The molecule has 0 saturated heterocycles. The van der Waals surface area contributed by atoms with Crippen LogP contribution in [0.3, 0.4) is 0 Å². The van der Waals surface area contributed by atoms with Crippen molar-refractivity contribution in [3.05, 3.63) is 22.2 Å². The van der Waals surface area contributed by atoms with Crippen molar-refractivity contribution >= 4 is 15.9 Å². The fourth-order valence-electron chi connectivity index (χ4n) is 1.68. The Hall–Kier alpha value is -0.820. The summed E-state index contributed by atoms with van der Waals surface area (Å²) in [5.74, 6) is 1.24. The van der Waals surface area contributed by atoms with Crippen LogP contribution in [0.5, 0.6) is 11.5 Å². The lowest BCUT2D eigenvalue weighted by atomic mass is 10.2. The largest absolute Gasteiger partial charge is 0.493 e. The molecule has 0 amide bonds. The standard InChI is InChI=1S/C15H24BrNO4/c1-10(18)11(2)21-15-13(16)7-12(8-14(15)20-4)9-17-5-6-19-3/h7-8,10-11,17-18H,5-6,9H2,1-4H3. The molecule has 1 aromatic carbocycles. The molecule has 0 heterocycles. The molecule has 0 fully saturated rings. The van der Waals surface area contributed by atoms with Crippen LogP contribution in [-0.2, 0) is 11.3 Å². The smallest absolute Gasteiger partial charge is 0.175 e. The Labute approximate surface area is 134 Å². The van der Waals surface area contributed by atoms with Crippen LogP contribution in [0.1, 0.15) is 19.4 Å². The minimum absolute atomic E-state index is 0.319. The van der Waals surface area contributed by atoms with Crippen molar-refractivity contribution in [2.75, 3.05) is 27.4 Å². The van der Waals surface area contributed by atoms with Gasteiger partial charge in [0, 0.05) is 20.2 Å². The summed E-state index contributed by atoms with van der Waals surface area (Å²) in [7, 11) is 3.28. The lowest BCUT2D eigenvalue weighted by Crippen LogP contribution is -2.26. The molecule has 0 saturated carbocycles. The molecule has 2 unspecified atom stereocenters. The maximum Gasteiger partial charge on any atom is 0.175 e. The number of hydrogen-bond donors (Lipinski definition) is 2. The van der Waals surface area contributed by atoms with E-state index >= 15 is 0 Å². The number of benzene rings is 1. The van der Waals surface area contributed by atoms with E-state index in [0.29, 0.717) is 24.7 Å². The molecule has 1 rings (SSSR count). The van der Waals surface area contributed by atoms with E-state index in [4.69, 9.17) is 14.2 Å². The molecule has 0 bridgehead atoms. The third-order valence-corrected chi connectivity index (χ3v) is 3.67. The van der Waals surface area contributed by atoms with Crippen molar-refractivity contribution < 1.29 is 19.3 Å². The molecule has 21 heavy (non-hydrogen) atoms. The molecule has 0 aliphatic carbocycles. The van der Waals surface area contributed by atoms with Crippen molar-refractivity contribution in [2.24, 2.45) is 0 Å². The molecule has 0 spiro atoms. The number of methoxy groups -OCH3 is 2. The predicted molar refractivity (Wildman–Crippen MR) is 86.0 cm³/mol. The van der Waals surface area contributed by atoms with E-state index in [1.807, 2.05) is 19.1 Å². The Morgan fingerprint density at radius 1 is 1.29 bits per heavy atom. The molecule has 0 aromatic heterocycles. The van der Waals surface area contributed by atoms with E-state index in [1.54, 1.807) is 21.1 Å². The molecule has 0 radical (unpaired) electrons. The van der Waals surface area contributed by atoms with Crippen LogP contribution in [0.4, 0.5) is 0 Å². The van der Waals surface area contributed by atoms with Gasteiger partial charge < -0.3 is 24.6 Å². The van der Waals surface area contributed by atoms with Crippen LogP contribution in [0.2, 0.25) is 0 Å². The van der Waals surface area contributed by atoms with Gasteiger partial charge in [0.1, 0.15) is 6.10 Å². The van der Waals surface area contributed by atoms with Crippen LogP contribution in [-0.4, -0.2) is 44.7 Å². The van der Waals surface area contributed by atoms with Gasteiger partial charge in [0.25, 0.3) is 0 Å². The molecule has 120 valence electrons. The molecular formula is C15H24BrNO4. The van der Waals surface area contributed by atoms with Crippen molar-refractivity contribution in [1.82, 2.24) is 5.32 Å². The van der Waals surface area contributed by atoms with Crippen LogP contribution in [0.15, 0.2) is 16.6 Å². The highest BCUT2D eigenvalue weighted by Gasteiger charge is 2.17. The highest BCUT2D eigenvalue weighted by molar-refractivity contribution is 9.10. The molecule has 5 nitrogen and oxygen atoms in total. The lowest BCUT2D eigenvalue weighted by molar-refractivity contribution is 0.0581. The SMILES string of the molecule is COCCNCc1cc(Br)c(OC(C)C(C)O)c(OC)c1. The third-order valence-electron chi connectivity index (χ3n) is 3.08. The zero-order valence-corrected chi connectivity index (χ0v) is 14.6. The Morgan fingerprint density at radius 3 is 2.57 bits per heavy atom.